The Labute approximate surface area is 121 Å². The van der Waals surface area contributed by atoms with Crippen LogP contribution in [0.4, 0.5) is 5.69 Å². The number of thiazole rings is 1. The summed E-state index contributed by atoms with van der Waals surface area (Å²) in [5, 5.41) is 10.7. The van der Waals surface area contributed by atoms with E-state index in [1.807, 2.05) is 18.2 Å². The number of methoxy groups -OCH3 is 1. The highest BCUT2D eigenvalue weighted by Gasteiger charge is 2.16. The summed E-state index contributed by atoms with van der Waals surface area (Å²) in [7, 11) is 1.61. The Hall–Kier alpha value is -2.08. The molecule has 0 spiro atoms. The molecule has 104 valence electrons. The summed E-state index contributed by atoms with van der Waals surface area (Å²) < 4.78 is 7.28. The zero-order valence-corrected chi connectivity index (χ0v) is 12.4. The summed E-state index contributed by atoms with van der Waals surface area (Å²) in [6.07, 6.45) is 0. The summed E-state index contributed by atoms with van der Waals surface area (Å²) in [4.78, 5) is 0.901. The van der Waals surface area contributed by atoms with Crippen LogP contribution in [0.15, 0.2) is 23.6 Å². The van der Waals surface area contributed by atoms with Gasteiger partial charge in [-0.25, -0.2) is 0 Å². The third-order valence-electron chi connectivity index (χ3n) is 3.26. The molecule has 3 aromatic rings. The first-order valence-electron chi connectivity index (χ1n) is 6.38. The van der Waals surface area contributed by atoms with Gasteiger partial charge in [0.25, 0.3) is 0 Å². The molecule has 5 nitrogen and oxygen atoms in total. The van der Waals surface area contributed by atoms with Crippen LogP contribution in [0.3, 0.4) is 0 Å². The van der Waals surface area contributed by atoms with Crippen LogP contribution in [0, 0.1) is 0 Å². The molecule has 0 unspecified atom stereocenters. The van der Waals surface area contributed by atoms with Gasteiger partial charge in [-0.2, -0.15) is 0 Å². The number of nitrogen functional groups attached to an aromatic ring is 1. The molecule has 0 aliphatic carbocycles. The van der Waals surface area contributed by atoms with Crippen LogP contribution in [0.25, 0.3) is 16.3 Å². The average Bonchev–Trinajstić information content (AvgIpc) is 2.99. The summed E-state index contributed by atoms with van der Waals surface area (Å²) in [5.74, 6) is 1.90. The molecular weight excluding hydrogens is 272 g/mol. The van der Waals surface area contributed by atoms with E-state index in [1.54, 1.807) is 18.4 Å². The zero-order chi connectivity index (χ0) is 14.3. The second-order valence-corrected chi connectivity index (χ2v) is 5.75. The number of hydrogen-bond acceptors (Lipinski definition) is 5. The number of aromatic nitrogens is 3. The quantitative estimate of drug-likeness (QED) is 0.752. The summed E-state index contributed by atoms with van der Waals surface area (Å²) in [5.41, 5.74) is 8.72. The van der Waals surface area contributed by atoms with Crippen molar-refractivity contribution < 1.29 is 4.74 Å². The molecule has 2 N–H and O–H groups in total. The van der Waals surface area contributed by atoms with Gasteiger partial charge in [0.2, 0.25) is 4.96 Å². The van der Waals surface area contributed by atoms with Crippen LogP contribution >= 0.6 is 11.3 Å². The number of hydrogen-bond donors (Lipinski definition) is 1. The molecule has 1 aromatic carbocycles. The van der Waals surface area contributed by atoms with Crippen molar-refractivity contribution >= 4 is 22.0 Å². The smallest absolute Gasteiger partial charge is 0.216 e. The first-order valence-corrected chi connectivity index (χ1v) is 7.26. The van der Waals surface area contributed by atoms with E-state index in [-0.39, 0.29) is 0 Å². The lowest BCUT2D eigenvalue weighted by Crippen LogP contribution is -1.98. The Balaban J connectivity index is 2.19. The van der Waals surface area contributed by atoms with Crippen molar-refractivity contribution in [3.8, 4) is 17.1 Å². The van der Waals surface area contributed by atoms with Crippen molar-refractivity contribution in [2.75, 3.05) is 12.8 Å². The fourth-order valence-corrected chi connectivity index (χ4v) is 3.19. The molecule has 2 heterocycles. The fraction of sp³-hybridized carbons (Fsp3) is 0.286. The van der Waals surface area contributed by atoms with Crippen LogP contribution in [0.5, 0.6) is 5.75 Å². The number of benzene rings is 1. The van der Waals surface area contributed by atoms with Crippen molar-refractivity contribution in [1.29, 1.82) is 0 Å². The number of fused-ring (bicyclic) bond motifs is 1. The molecule has 3 rings (SSSR count). The van der Waals surface area contributed by atoms with Crippen molar-refractivity contribution in [3.05, 3.63) is 29.3 Å². The number of anilines is 1. The zero-order valence-electron chi connectivity index (χ0n) is 11.6. The predicted molar refractivity (Wildman–Crippen MR) is 81.4 cm³/mol. The van der Waals surface area contributed by atoms with Gasteiger partial charge >= 0.3 is 0 Å². The van der Waals surface area contributed by atoms with Gasteiger partial charge < -0.3 is 10.5 Å². The van der Waals surface area contributed by atoms with Crippen LogP contribution in [0.1, 0.15) is 25.5 Å². The van der Waals surface area contributed by atoms with Crippen molar-refractivity contribution in [2.45, 2.75) is 19.8 Å². The third kappa shape index (κ3) is 1.92. The topological polar surface area (TPSA) is 65.4 Å². The monoisotopic (exact) mass is 288 g/mol. The second kappa shape index (κ2) is 4.79. The van der Waals surface area contributed by atoms with Crippen LogP contribution in [-0.2, 0) is 0 Å². The molecule has 0 radical (unpaired) electrons. The van der Waals surface area contributed by atoms with Gasteiger partial charge in [-0.15, -0.1) is 21.5 Å². The van der Waals surface area contributed by atoms with Crippen molar-refractivity contribution in [2.24, 2.45) is 0 Å². The molecule has 0 atom stereocenters. The second-order valence-electron chi connectivity index (χ2n) is 4.91. The lowest BCUT2D eigenvalue weighted by molar-refractivity contribution is 0.417. The molecule has 20 heavy (non-hydrogen) atoms. The maximum atomic E-state index is 5.98. The predicted octanol–water partition coefficient (Wildman–Crippen LogP) is 3.17. The summed E-state index contributed by atoms with van der Waals surface area (Å²) in [6, 6.07) is 5.68. The Morgan fingerprint density at radius 3 is 2.75 bits per heavy atom. The van der Waals surface area contributed by atoms with E-state index in [0.29, 0.717) is 17.4 Å². The highest BCUT2D eigenvalue weighted by atomic mass is 32.1. The Morgan fingerprint density at radius 1 is 1.30 bits per heavy atom. The van der Waals surface area contributed by atoms with Gasteiger partial charge in [0.05, 0.1) is 12.8 Å². The number of nitrogens with two attached hydrogens (primary N) is 1. The number of ether oxygens (including phenoxy) is 1. The maximum absolute atomic E-state index is 5.98. The van der Waals surface area contributed by atoms with Gasteiger partial charge in [-0.1, -0.05) is 13.8 Å². The third-order valence-corrected chi connectivity index (χ3v) is 4.09. The fourth-order valence-electron chi connectivity index (χ4n) is 2.20. The summed E-state index contributed by atoms with van der Waals surface area (Å²) >= 11 is 1.60. The Kier molecular flexibility index (Phi) is 3.10. The first kappa shape index (κ1) is 12.9. The van der Waals surface area contributed by atoms with E-state index in [1.165, 1.54) is 5.69 Å². The van der Waals surface area contributed by atoms with E-state index in [0.717, 1.165) is 16.3 Å². The number of rotatable bonds is 3. The van der Waals surface area contributed by atoms with Gasteiger partial charge in [0.15, 0.2) is 5.82 Å². The molecule has 0 bridgehead atoms. The van der Waals surface area contributed by atoms with E-state index in [9.17, 15) is 0 Å². The Bertz CT molecular complexity index is 760. The summed E-state index contributed by atoms with van der Waals surface area (Å²) in [6.45, 7) is 4.32. The minimum atomic E-state index is 0.411. The van der Waals surface area contributed by atoms with Crippen LogP contribution in [-0.4, -0.2) is 21.7 Å². The maximum Gasteiger partial charge on any atom is 0.216 e. The van der Waals surface area contributed by atoms with Crippen LogP contribution < -0.4 is 10.5 Å². The van der Waals surface area contributed by atoms with E-state index in [2.05, 4.69) is 33.8 Å². The molecule has 0 saturated carbocycles. The molecule has 0 aliphatic heterocycles. The number of nitrogens with zero attached hydrogens (tertiary/aromatic N) is 3. The standard InChI is InChI=1S/C14H16N4OS/c1-8(2)11-7-20-14-17-16-13(18(11)14)9-4-5-12(19-3)10(15)6-9/h4-8H,15H2,1-3H3. The van der Waals surface area contributed by atoms with Gasteiger partial charge in [0, 0.05) is 16.6 Å². The molecule has 0 amide bonds. The molecule has 2 aromatic heterocycles. The highest BCUT2D eigenvalue weighted by Crippen LogP contribution is 2.31. The highest BCUT2D eigenvalue weighted by molar-refractivity contribution is 7.15. The SMILES string of the molecule is COc1ccc(-c2nnc3scc(C(C)C)n23)cc1N. The van der Waals surface area contributed by atoms with Gasteiger partial charge in [-0.05, 0) is 24.1 Å². The largest absolute Gasteiger partial charge is 0.495 e. The lowest BCUT2D eigenvalue weighted by Gasteiger charge is -2.08. The molecule has 0 aliphatic rings. The van der Waals surface area contributed by atoms with E-state index in [4.69, 9.17) is 10.5 Å². The Morgan fingerprint density at radius 2 is 2.10 bits per heavy atom. The molecule has 6 heteroatoms. The minimum Gasteiger partial charge on any atom is -0.495 e. The first-order chi connectivity index (χ1) is 9.61. The minimum absolute atomic E-state index is 0.411. The lowest BCUT2D eigenvalue weighted by atomic mass is 10.1. The molecule has 0 fully saturated rings. The molecule has 0 saturated heterocycles. The van der Waals surface area contributed by atoms with Crippen molar-refractivity contribution in [1.82, 2.24) is 14.6 Å². The van der Waals surface area contributed by atoms with Crippen molar-refractivity contribution in [3.63, 3.8) is 0 Å². The van der Waals surface area contributed by atoms with Gasteiger partial charge in [-0.3, -0.25) is 4.40 Å². The molecular formula is C14H16N4OS. The average molecular weight is 288 g/mol. The van der Waals surface area contributed by atoms with Gasteiger partial charge in [0.1, 0.15) is 5.75 Å². The van der Waals surface area contributed by atoms with E-state index < -0.39 is 0 Å². The van der Waals surface area contributed by atoms with Crippen LogP contribution in [0.2, 0.25) is 0 Å². The van der Waals surface area contributed by atoms with E-state index >= 15 is 0 Å². The normalized spacial score (nSPS) is 11.4.